The van der Waals surface area contributed by atoms with Gasteiger partial charge in [-0.1, -0.05) is 18.2 Å². The molecule has 2 aliphatic heterocycles. The first-order valence-corrected chi connectivity index (χ1v) is 9.11. The summed E-state index contributed by atoms with van der Waals surface area (Å²) >= 11 is 0. The van der Waals surface area contributed by atoms with Gasteiger partial charge in [0.15, 0.2) is 0 Å². The van der Waals surface area contributed by atoms with Crippen molar-refractivity contribution in [1.29, 1.82) is 0 Å². The summed E-state index contributed by atoms with van der Waals surface area (Å²) in [5, 5.41) is 10.1. The van der Waals surface area contributed by atoms with Crippen LogP contribution < -0.4 is 5.32 Å². The number of amides is 1. The molecule has 2 aliphatic rings. The van der Waals surface area contributed by atoms with E-state index in [9.17, 15) is 18.0 Å². The summed E-state index contributed by atoms with van der Waals surface area (Å²) in [5.74, 6) is -2.77. The van der Waals surface area contributed by atoms with Gasteiger partial charge in [-0.05, 0) is 44.9 Å². The lowest BCUT2D eigenvalue weighted by Crippen LogP contribution is -2.46. The lowest BCUT2D eigenvalue weighted by atomic mass is 9.90. The van der Waals surface area contributed by atoms with Crippen LogP contribution in [0.2, 0.25) is 0 Å². The molecular formula is C19H25F3N2O4. The maximum atomic E-state index is 12.1. The zero-order valence-electron chi connectivity index (χ0n) is 15.7. The summed E-state index contributed by atoms with van der Waals surface area (Å²) in [6.07, 6.45) is -0.425. The molecule has 1 aromatic carbocycles. The molecule has 3 rings (SSSR count). The Morgan fingerprint density at radius 2 is 1.93 bits per heavy atom. The molecule has 1 aromatic rings. The van der Waals surface area contributed by atoms with Gasteiger partial charge in [-0.25, -0.2) is 4.79 Å². The van der Waals surface area contributed by atoms with Crippen LogP contribution in [-0.2, 0) is 9.53 Å². The van der Waals surface area contributed by atoms with Gasteiger partial charge in [0.25, 0.3) is 5.91 Å². The van der Waals surface area contributed by atoms with Gasteiger partial charge in [-0.3, -0.25) is 4.79 Å². The Bertz CT molecular complexity index is 665. The largest absolute Gasteiger partial charge is 0.490 e. The van der Waals surface area contributed by atoms with E-state index in [2.05, 4.69) is 17.3 Å². The smallest absolute Gasteiger partial charge is 0.475 e. The number of aliphatic carboxylic acids is 1. The van der Waals surface area contributed by atoms with Gasteiger partial charge < -0.3 is 20.1 Å². The van der Waals surface area contributed by atoms with E-state index in [4.69, 9.17) is 14.6 Å². The van der Waals surface area contributed by atoms with Crippen molar-refractivity contribution < 1.29 is 32.6 Å². The highest BCUT2D eigenvalue weighted by molar-refractivity contribution is 5.94. The first-order chi connectivity index (χ1) is 13.1. The van der Waals surface area contributed by atoms with Crippen LogP contribution in [0.3, 0.4) is 0 Å². The summed E-state index contributed by atoms with van der Waals surface area (Å²) in [5.41, 5.74) is 0.749. The summed E-state index contributed by atoms with van der Waals surface area (Å²) in [7, 11) is 2.15. The van der Waals surface area contributed by atoms with Crippen molar-refractivity contribution in [3.05, 3.63) is 35.9 Å². The van der Waals surface area contributed by atoms with Gasteiger partial charge in [0.05, 0.1) is 11.7 Å². The number of hydrogen-bond acceptors (Lipinski definition) is 4. The highest BCUT2D eigenvalue weighted by Gasteiger charge is 2.41. The monoisotopic (exact) mass is 402 g/mol. The maximum absolute atomic E-state index is 12.1. The number of nitrogens with one attached hydrogen (secondary N) is 1. The number of alkyl halides is 3. The minimum atomic E-state index is -5.08. The molecule has 0 aromatic heterocycles. The summed E-state index contributed by atoms with van der Waals surface area (Å²) in [6, 6.07) is 9.36. The number of carbonyl (C=O) groups excluding carboxylic acids is 1. The van der Waals surface area contributed by atoms with Crippen LogP contribution in [-0.4, -0.2) is 66.4 Å². The minimum Gasteiger partial charge on any atom is -0.475 e. The number of hydrogen-bond donors (Lipinski definition) is 2. The number of halogens is 3. The first kappa shape index (κ1) is 22.2. The molecule has 6 nitrogen and oxygen atoms in total. The van der Waals surface area contributed by atoms with Crippen molar-refractivity contribution in [1.82, 2.24) is 10.2 Å². The van der Waals surface area contributed by atoms with E-state index in [-0.39, 0.29) is 17.6 Å². The normalized spacial score (nSPS) is 25.1. The third-order valence-corrected chi connectivity index (χ3v) is 4.85. The van der Waals surface area contributed by atoms with Crippen LogP contribution in [0.25, 0.3) is 0 Å². The number of carboxylic acid groups (broad SMARTS) is 1. The van der Waals surface area contributed by atoms with Crippen molar-refractivity contribution in [2.75, 3.05) is 26.7 Å². The molecule has 0 aliphatic carbocycles. The second kappa shape index (κ2) is 9.38. The van der Waals surface area contributed by atoms with Crippen molar-refractivity contribution >= 4 is 11.9 Å². The van der Waals surface area contributed by atoms with Crippen LogP contribution in [0.15, 0.2) is 30.3 Å². The second-order valence-corrected chi connectivity index (χ2v) is 7.18. The molecule has 0 saturated carbocycles. The Labute approximate surface area is 161 Å². The van der Waals surface area contributed by atoms with Crippen LogP contribution in [0, 0.1) is 0 Å². The number of benzene rings is 1. The van der Waals surface area contributed by atoms with Gasteiger partial charge in [0.2, 0.25) is 0 Å². The quantitative estimate of drug-likeness (QED) is 0.813. The number of carbonyl (C=O) groups is 2. The average Bonchev–Trinajstić information content (AvgIpc) is 3.00. The van der Waals surface area contributed by atoms with E-state index in [1.54, 1.807) is 0 Å². The molecule has 2 saturated heterocycles. The Morgan fingerprint density at radius 1 is 1.29 bits per heavy atom. The van der Waals surface area contributed by atoms with Crippen LogP contribution in [0.1, 0.15) is 36.0 Å². The molecule has 2 fully saturated rings. The standard InChI is InChI=1S/C17H24N2O2.C2HF3O2/c1-19-11-10-17(13-19)9-5-8-15(21-17)12-18-16(20)14-6-3-2-4-7-14;3-2(4,5)1(6)7/h2-4,6-7,15H,5,8-13H2,1H3,(H,18,20);(H,6,7)/t15-,17+;/m0./s1. The van der Waals surface area contributed by atoms with E-state index in [1.807, 2.05) is 30.3 Å². The van der Waals surface area contributed by atoms with Crippen LogP contribution >= 0.6 is 0 Å². The van der Waals surface area contributed by atoms with Crippen molar-refractivity contribution in [2.24, 2.45) is 0 Å². The fourth-order valence-corrected chi connectivity index (χ4v) is 3.51. The molecule has 0 bridgehead atoms. The topological polar surface area (TPSA) is 78.9 Å². The van der Waals surface area contributed by atoms with Gasteiger partial charge >= 0.3 is 12.1 Å². The maximum Gasteiger partial charge on any atom is 0.490 e. The van der Waals surface area contributed by atoms with Crippen LogP contribution in [0.4, 0.5) is 13.2 Å². The highest BCUT2D eigenvalue weighted by atomic mass is 19.4. The van der Waals surface area contributed by atoms with E-state index in [1.165, 1.54) is 6.42 Å². The van der Waals surface area contributed by atoms with Crippen molar-refractivity contribution in [3.63, 3.8) is 0 Å². The third-order valence-electron chi connectivity index (χ3n) is 4.85. The molecular weight excluding hydrogens is 377 g/mol. The minimum absolute atomic E-state index is 0.0117. The van der Waals surface area contributed by atoms with Crippen molar-refractivity contribution in [2.45, 2.75) is 43.6 Å². The Kier molecular flexibility index (Phi) is 7.42. The molecule has 28 heavy (non-hydrogen) atoms. The number of carboxylic acids is 1. The van der Waals surface area contributed by atoms with E-state index in [0.29, 0.717) is 12.1 Å². The highest BCUT2D eigenvalue weighted by Crippen LogP contribution is 2.35. The van der Waals surface area contributed by atoms with Gasteiger partial charge in [0.1, 0.15) is 0 Å². The summed E-state index contributed by atoms with van der Waals surface area (Å²) < 4.78 is 38.1. The lowest BCUT2D eigenvalue weighted by Gasteiger charge is -2.38. The van der Waals surface area contributed by atoms with Gasteiger partial charge in [-0.2, -0.15) is 13.2 Å². The summed E-state index contributed by atoms with van der Waals surface area (Å²) in [4.78, 5) is 23.3. The number of likely N-dealkylation sites (N-methyl/N-ethyl adjacent to an activating group) is 1. The molecule has 0 radical (unpaired) electrons. The second-order valence-electron chi connectivity index (χ2n) is 7.18. The van der Waals surface area contributed by atoms with Gasteiger partial charge in [0, 0.05) is 25.2 Å². The Hall–Kier alpha value is -2.13. The number of rotatable bonds is 3. The first-order valence-electron chi connectivity index (χ1n) is 9.11. The Morgan fingerprint density at radius 3 is 2.46 bits per heavy atom. The molecule has 156 valence electrons. The third kappa shape index (κ3) is 6.49. The molecule has 1 spiro atoms. The molecule has 0 unspecified atom stereocenters. The van der Waals surface area contributed by atoms with Crippen molar-refractivity contribution in [3.8, 4) is 0 Å². The van der Waals surface area contributed by atoms with E-state index in [0.717, 1.165) is 32.4 Å². The predicted octanol–water partition coefficient (Wildman–Crippen LogP) is 2.69. The molecule has 2 N–H and O–H groups in total. The molecule has 2 heterocycles. The van der Waals surface area contributed by atoms with E-state index >= 15 is 0 Å². The zero-order chi connectivity index (χ0) is 20.8. The average molecular weight is 402 g/mol. The SMILES string of the molecule is CN1CC[C@]2(CCC[C@@H](CNC(=O)c3ccccc3)O2)C1.O=C(O)C(F)(F)F. The van der Waals surface area contributed by atoms with E-state index < -0.39 is 12.1 Å². The lowest BCUT2D eigenvalue weighted by molar-refractivity contribution is -0.192. The Balaban J connectivity index is 0.000000345. The summed E-state index contributed by atoms with van der Waals surface area (Å²) in [6.45, 7) is 2.75. The molecule has 2 atom stereocenters. The number of nitrogens with zero attached hydrogens (tertiary/aromatic N) is 1. The predicted molar refractivity (Wildman–Crippen MR) is 96.0 cm³/mol. The molecule has 9 heteroatoms. The zero-order valence-corrected chi connectivity index (χ0v) is 15.7. The van der Waals surface area contributed by atoms with Crippen LogP contribution in [0.5, 0.6) is 0 Å². The molecule has 1 amide bonds. The number of ether oxygens (including phenoxy) is 1. The fourth-order valence-electron chi connectivity index (χ4n) is 3.51. The fraction of sp³-hybridized carbons (Fsp3) is 0.579. The van der Waals surface area contributed by atoms with Gasteiger partial charge in [-0.15, -0.1) is 0 Å². The number of likely N-dealkylation sites (tertiary alicyclic amines) is 1.